The number of nitrogens with zero attached hydrogens (tertiary/aromatic N) is 4. The number of hydrogen-bond donors (Lipinski definition) is 0. The van der Waals surface area contributed by atoms with Gasteiger partial charge in [-0.25, -0.2) is 8.42 Å². The molecule has 0 aliphatic carbocycles. The summed E-state index contributed by atoms with van der Waals surface area (Å²) < 4.78 is 27.0. The molecule has 3 heterocycles. The summed E-state index contributed by atoms with van der Waals surface area (Å²) >= 11 is 5.89. The van der Waals surface area contributed by atoms with Crippen molar-refractivity contribution in [2.75, 3.05) is 26.2 Å². The van der Waals surface area contributed by atoms with E-state index in [9.17, 15) is 13.2 Å². The van der Waals surface area contributed by atoms with Crippen LogP contribution in [0.4, 0.5) is 0 Å². The molecule has 0 radical (unpaired) electrons. The molecule has 1 saturated heterocycles. The number of carbonyl (C=O) groups is 1. The molecule has 3 rings (SSSR count). The second-order valence-electron chi connectivity index (χ2n) is 5.68. The lowest BCUT2D eigenvalue weighted by Crippen LogP contribution is -2.50. The number of sulfonamides is 1. The van der Waals surface area contributed by atoms with Gasteiger partial charge in [-0.2, -0.15) is 4.31 Å². The second kappa shape index (κ2) is 7.07. The number of hydrogen-bond acceptors (Lipinski definition) is 5. The molecule has 2 aromatic rings. The Labute approximate surface area is 151 Å². The molecule has 1 aliphatic rings. The number of aryl methyl sites for hydroxylation is 1. The fraction of sp³-hybridized carbons (Fsp3) is 0.312. The molecule has 0 unspecified atom stereocenters. The maximum absolute atomic E-state index is 12.8. The van der Waals surface area contributed by atoms with Gasteiger partial charge in [0.2, 0.25) is 10.0 Å². The summed E-state index contributed by atoms with van der Waals surface area (Å²) in [6, 6.07) is 4.80. The molecule has 1 aliphatic heterocycles. The van der Waals surface area contributed by atoms with Crippen LogP contribution in [0.2, 0.25) is 5.02 Å². The first kappa shape index (κ1) is 17.8. The van der Waals surface area contributed by atoms with E-state index >= 15 is 0 Å². The van der Waals surface area contributed by atoms with E-state index in [0.717, 1.165) is 0 Å². The number of piperazine rings is 1. The van der Waals surface area contributed by atoms with Gasteiger partial charge in [0.15, 0.2) is 0 Å². The van der Waals surface area contributed by atoms with Gasteiger partial charge < -0.3 is 4.90 Å². The molecule has 0 saturated carbocycles. The predicted molar refractivity (Wildman–Crippen MR) is 92.9 cm³/mol. The third-order valence-electron chi connectivity index (χ3n) is 4.06. The van der Waals surface area contributed by atoms with Crippen molar-refractivity contribution in [2.24, 2.45) is 0 Å². The molecule has 0 bridgehead atoms. The Morgan fingerprint density at radius 2 is 1.92 bits per heavy atom. The van der Waals surface area contributed by atoms with Crippen molar-refractivity contribution in [2.45, 2.75) is 11.8 Å². The van der Waals surface area contributed by atoms with E-state index in [2.05, 4.69) is 9.97 Å². The van der Waals surface area contributed by atoms with E-state index in [4.69, 9.17) is 11.6 Å². The Kier molecular flexibility index (Phi) is 5.03. The topological polar surface area (TPSA) is 83.5 Å². The fourth-order valence-electron chi connectivity index (χ4n) is 2.69. The molecule has 1 amide bonds. The highest BCUT2D eigenvalue weighted by molar-refractivity contribution is 7.89. The van der Waals surface area contributed by atoms with Crippen LogP contribution in [-0.4, -0.2) is 59.7 Å². The van der Waals surface area contributed by atoms with Crippen LogP contribution in [0.15, 0.2) is 41.7 Å². The summed E-state index contributed by atoms with van der Waals surface area (Å²) in [6.45, 7) is 2.71. The smallest absolute Gasteiger partial charge is 0.255 e. The van der Waals surface area contributed by atoms with Gasteiger partial charge >= 0.3 is 0 Å². The minimum atomic E-state index is -3.69. The summed E-state index contributed by atoms with van der Waals surface area (Å²) in [7, 11) is -3.69. The first-order valence-corrected chi connectivity index (χ1v) is 9.53. The van der Waals surface area contributed by atoms with Gasteiger partial charge in [-0.15, -0.1) is 0 Å². The standard InChI is InChI=1S/C16H17ClN4O3S/c1-12-15(9-14(17)11-19-12)25(23,24)21-7-5-20(6-8-21)16(22)13-3-2-4-18-10-13/h2-4,9-11H,5-8H2,1H3. The van der Waals surface area contributed by atoms with E-state index < -0.39 is 10.0 Å². The lowest BCUT2D eigenvalue weighted by molar-refractivity contribution is 0.0697. The molecule has 0 N–H and O–H groups in total. The third kappa shape index (κ3) is 3.65. The van der Waals surface area contributed by atoms with Gasteiger partial charge in [0.25, 0.3) is 5.91 Å². The number of amides is 1. The van der Waals surface area contributed by atoms with Crippen LogP contribution >= 0.6 is 11.6 Å². The molecule has 0 aromatic carbocycles. The SMILES string of the molecule is Cc1ncc(Cl)cc1S(=O)(=O)N1CCN(C(=O)c2cccnc2)CC1. The average Bonchev–Trinajstić information content (AvgIpc) is 2.64. The molecule has 7 nitrogen and oxygen atoms in total. The zero-order valence-electron chi connectivity index (χ0n) is 13.6. The lowest BCUT2D eigenvalue weighted by atomic mass is 10.2. The molecular weight excluding hydrogens is 364 g/mol. The van der Waals surface area contributed by atoms with Crippen LogP contribution in [0.25, 0.3) is 0 Å². The minimum absolute atomic E-state index is 0.104. The third-order valence-corrected chi connectivity index (χ3v) is 6.28. The van der Waals surface area contributed by atoms with Crippen LogP contribution in [0, 0.1) is 6.92 Å². The summed E-state index contributed by atoms with van der Waals surface area (Å²) in [5.41, 5.74) is 0.895. The second-order valence-corrected chi connectivity index (χ2v) is 8.02. The van der Waals surface area contributed by atoms with E-state index in [1.807, 2.05) is 0 Å². The Hall–Kier alpha value is -2.03. The Morgan fingerprint density at radius 1 is 1.20 bits per heavy atom. The molecule has 9 heteroatoms. The van der Waals surface area contributed by atoms with Gasteiger partial charge in [-0.3, -0.25) is 14.8 Å². The van der Waals surface area contributed by atoms with Gasteiger partial charge in [-0.1, -0.05) is 11.6 Å². The summed E-state index contributed by atoms with van der Waals surface area (Å²) in [4.78, 5) is 22.1. The average molecular weight is 381 g/mol. The Bertz CT molecular complexity index is 882. The van der Waals surface area contributed by atoms with Crippen molar-refractivity contribution < 1.29 is 13.2 Å². The van der Waals surface area contributed by atoms with E-state index in [0.29, 0.717) is 24.3 Å². The zero-order chi connectivity index (χ0) is 18.0. The highest BCUT2D eigenvalue weighted by Crippen LogP contribution is 2.23. The minimum Gasteiger partial charge on any atom is -0.336 e. The normalized spacial score (nSPS) is 16.0. The van der Waals surface area contributed by atoms with Crippen molar-refractivity contribution in [3.63, 3.8) is 0 Å². The molecule has 132 valence electrons. The van der Waals surface area contributed by atoms with Crippen LogP contribution in [-0.2, 0) is 10.0 Å². The van der Waals surface area contributed by atoms with Crippen molar-refractivity contribution in [3.05, 3.63) is 53.1 Å². The number of rotatable bonds is 3. The molecule has 1 fully saturated rings. The summed E-state index contributed by atoms with van der Waals surface area (Å²) in [5, 5.41) is 0.273. The summed E-state index contributed by atoms with van der Waals surface area (Å²) in [5.74, 6) is -0.147. The van der Waals surface area contributed by atoms with Crippen molar-refractivity contribution in [1.29, 1.82) is 0 Å². The van der Waals surface area contributed by atoms with Gasteiger partial charge in [0.05, 0.1) is 16.3 Å². The maximum atomic E-state index is 12.8. The first-order chi connectivity index (χ1) is 11.9. The predicted octanol–water partition coefficient (Wildman–Crippen LogP) is 1.59. The van der Waals surface area contributed by atoms with Gasteiger partial charge in [0, 0.05) is 44.8 Å². The molecular formula is C16H17ClN4O3S. The van der Waals surface area contributed by atoms with Crippen LogP contribution < -0.4 is 0 Å². The number of carbonyl (C=O) groups excluding carboxylic acids is 1. The van der Waals surface area contributed by atoms with Crippen LogP contribution in [0.1, 0.15) is 16.1 Å². The first-order valence-electron chi connectivity index (χ1n) is 7.71. The molecule has 0 atom stereocenters. The van der Waals surface area contributed by atoms with Gasteiger partial charge in [-0.05, 0) is 25.1 Å². The van der Waals surface area contributed by atoms with E-state index in [1.165, 1.54) is 22.8 Å². The monoisotopic (exact) mass is 380 g/mol. The van der Waals surface area contributed by atoms with Crippen LogP contribution in [0.5, 0.6) is 0 Å². The summed E-state index contributed by atoms with van der Waals surface area (Å²) in [6.07, 6.45) is 4.52. The van der Waals surface area contributed by atoms with Crippen LogP contribution in [0.3, 0.4) is 0 Å². The lowest BCUT2D eigenvalue weighted by Gasteiger charge is -2.34. The van der Waals surface area contributed by atoms with Crippen molar-refractivity contribution >= 4 is 27.5 Å². The number of halogens is 1. The zero-order valence-corrected chi connectivity index (χ0v) is 15.2. The largest absolute Gasteiger partial charge is 0.336 e. The number of aromatic nitrogens is 2. The van der Waals surface area contributed by atoms with Crippen molar-refractivity contribution in [1.82, 2.24) is 19.2 Å². The van der Waals surface area contributed by atoms with Crippen molar-refractivity contribution in [3.8, 4) is 0 Å². The maximum Gasteiger partial charge on any atom is 0.255 e. The van der Waals surface area contributed by atoms with E-state index in [1.54, 1.807) is 30.2 Å². The quantitative estimate of drug-likeness (QED) is 0.807. The van der Waals surface area contributed by atoms with Gasteiger partial charge in [0.1, 0.15) is 4.90 Å². The Morgan fingerprint density at radius 3 is 2.56 bits per heavy atom. The Balaban J connectivity index is 1.73. The molecule has 0 spiro atoms. The highest BCUT2D eigenvalue weighted by atomic mass is 35.5. The van der Waals surface area contributed by atoms with E-state index in [-0.39, 0.29) is 28.9 Å². The number of pyridine rings is 2. The fourth-order valence-corrected chi connectivity index (χ4v) is 4.54. The highest BCUT2D eigenvalue weighted by Gasteiger charge is 2.31. The molecule has 25 heavy (non-hydrogen) atoms. The molecule has 2 aromatic heterocycles.